The highest BCUT2D eigenvalue weighted by molar-refractivity contribution is 9.10. The fraction of sp³-hybridized carbons (Fsp3) is 0.538. The zero-order chi connectivity index (χ0) is 15.7. The summed E-state index contributed by atoms with van der Waals surface area (Å²) >= 11 is 3.16. The first-order valence-electron chi connectivity index (χ1n) is 6.11. The van der Waals surface area contributed by atoms with Gasteiger partial charge in [-0.2, -0.15) is 0 Å². The summed E-state index contributed by atoms with van der Waals surface area (Å²) < 4.78 is 24.8. The zero-order valence-electron chi connectivity index (χ0n) is 12.2. The Morgan fingerprint density at radius 2 is 1.80 bits per heavy atom. The molecule has 0 atom stereocenters. The van der Waals surface area contributed by atoms with E-state index in [1.165, 1.54) is 19.2 Å². The van der Waals surface area contributed by atoms with E-state index in [0.717, 1.165) is 0 Å². The molecule has 112 valence electrons. The van der Waals surface area contributed by atoms with Gasteiger partial charge in [0.2, 0.25) is 0 Å². The smallest absolute Gasteiger partial charge is 0.494 e. The highest BCUT2D eigenvalue weighted by Gasteiger charge is 2.40. The van der Waals surface area contributed by atoms with Crippen molar-refractivity contribution in [3.05, 3.63) is 22.4 Å². The maximum Gasteiger partial charge on any atom is 0.494 e. The van der Waals surface area contributed by atoms with Crippen molar-refractivity contribution < 1.29 is 23.9 Å². The molecule has 2 N–H and O–H groups in total. The molecule has 0 saturated heterocycles. The molecule has 20 heavy (non-hydrogen) atoms. The third-order valence-corrected chi connectivity index (χ3v) is 4.04. The zero-order valence-corrected chi connectivity index (χ0v) is 13.8. The predicted molar refractivity (Wildman–Crippen MR) is 79.7 cm³/mol. The Balaban J connectivity index is 3.07. The number of methoxy groups -OCH3 is 1. The van der Waals surface area contributed by atoms with Crippen LogP contribution >= 0.6 is 15.9 Å². The summed E-state index contributed by atoms with van der Waals surface area (Å²) in [6.07, 6.45) is 0. The Morgan fingerprint density at radius 3 is 2.25 bits per heavy atom. The molecule has 0 bridgehead atoms. The topological polar surface area (TPSA) is 58.9 Å². The Morgan fingerprint density at radius 1 is 1.25 bits per heavy atom. The Labute approximate surface area is 127 Å². The number of rotatable bonds is 5. The molecule has 0 aromatic heterocycles. The first-order valence-corrected chi connectivity index (χ1v) is 6.90. The number of benzene rings is 1. The van der Waals surface area contributed by atoms with E-state index in [0.29, 0.717) is 10.2 Å². The fourth-order valence-electron chi connectivity index (χ4n) is 1.38. The monoisotopic (exact) mass is 348 g/mol. The maximum absolute atomic E-state index is 13.9. The molecule has 0 heterocycles. The average Bonchev–Trinajstić information content (AvgIpc) is 2.26. The average molecular weight is 349 g/mol. The minimum absolute atomic E-state index is 0.0534. The molecular formula is C13H19BBrFO4. The van der Waals surface area contributed by atoms with Crippen molar-refractivity contribution in [3.8, 4) is 5.75 Å². The van der Waals surface area contributed by atoms with E-state index in [2.05, 4.69) is 15.9 Å². The summed E-state index contributed by atoms with van der Waals surface area (Å²) in [5.41, 5.74) is -2.33. The molecule has 0 aliphatic rings. The van der Waals surface area contributed by atoms with Crippen LogP contribution in [0.2, 0.25) is 0 Å². The van der Waals surface area contributed by atoms with Crippen molar-refractivity contribution in [2.75, 3.05) is 7.11 Å². The first-order chi connectivity index (χ1) is 8.99. The molecule has 0 fully saturated rings. The lowest BCUT2D eigenvalue weighted by molar-refractivity contribution is -0.0983. The fourth-order valence-corrected chi connectivity index (χ4v) is 1.85. The van der Waals surface area contributed by atoms with Gasteiger partial charge in [-0.1, -0.05) is 0 Å². The van der Waals surface area contributed by atoms with Crippen LogP contribution < -0.4 is 10.2 Å². The molecular weight excluding hydrogens is 330 g/mol. The minimum atomic E-state index is -1.52. The number of aliphatic hydroxyl groups is 1. The second-order valence-corrected chi connectivity index (χ2v) is 6.40. The Kier molecular flexibility index (Phi) is 5.24. The van der Waals surface area contributed by atoms with Gasteiger partial charge in [-0.3, -0.25) is 0 Å². The molecule has 0 aliphatic carbocycles. The van der Waals surface area contributed by atoms with Gasteiger partial charge in [-0.25, -0.2) is 4.39 Å². The van der Waals surface area contributed by atoms with E-state index in [9.17, 15) is 14.5 Å². The molecule has 0 radical (unpaired) electrons. The van der Waals surface area contributed by atoms with E-state index in [4.69, 9.17) is 9.39 Å². The lowest BCUT2D eigenvalue weighted by Gasteiger charge is -2.38. The summed E-state index contributed by atoms with van der Waals surface area (Å²) in [7, 11) is -0.0751. The maximum atomic E-state index is 13.9. The summed E-state index contributed by atoms with van der Waals surface area (Å²) in [6.45, 7) is 6.34. The van der Waals surface area contributed by atoms with Gasteiger partial charge in [0.15, 0.2) is 0 Å². The second-order valence-electron chi connectivity index (χ2n) is 5.55. The number of hydrogen-bond donors (Lipinski definition) is 2. The normalized spacial score (nSPS) is 12.4. The van der Waals surface area contributed by atoms with Crippen molar-refractivity contribution in [1.82, 2.24) is 0 Å². The van der Waals surface area contributed by atoms with Crippen molar-refractivity contribution in [2.24, 2.45) is 0 Å². The molecule has 0 spiro atoms. The van der Waals surface area contributed by atoms with Gasteiger partial charge < -0.3 is 19.5 Å². The van der Waals surface area contributed by atoms with Gasteiger partial charge in [0.05, 0.1) is 22.8 Å². The van der Waals surface area contributed by atoms with Crippen LogP contribution in [0, 0.1) is 5.82 Å². The first kappa shape index (κ1) is 17.4. The highest BCUT2D eigenvalue weighted by Crippen LogP contribution is 2.27. The molecule has 1 aromatic rings. The molecule has 1 rings (SSSR count). The Hall–Kier alpha value is -0.625. The van der Waals surface area contributed by atoms with Crippen LogP contribution in [0.5, 0.6) is 5.75 Å². The highest BCUT2D eigenvalue weighted by atomic mass is 79.9. The van der Waals surface area contributed by atoms with Gasteiger partial charge in [0.25, 0.3) is 0 Å². The number of ether oxygens (including phenoxy) is 1. The lowest BCUT2D eigenvalue weighted by atomic mass is 9.76. The summed E-state index contributed by atoms with van der Waals surface area (Å²) in [5.74, 6) is -0.248. The third kappa shape index (κ3) is 3.72. The number of halogens is 2. The lowest BCUT2D eigenvalue weighted by Crippen LogP contribution is -2.53. The second kappa shape index (κ2) is 6.01. The summed E-state index contributed by atoms with van der Waals surface area (Å²) in [5, 5.41) is 20.1. The number of hydrogen-bond acceptors (Lipinski definition) is 4. The molecule has 1 aromatic carbocycles. The SMILES string of the molecule is COc1cc(B(O)OC(C)(C)C(C)(C)O)c(F)cc1Br. The van der Waals surface area contributed by atoms with Gasteiger partial charge >= 0.3 is 7.12 Å². The quantitative estimate of drug-likeness (QED) is 0.797. The Bertz CT molecular complexity index is 488. The van der Waals surface area contributed by atoms with Crippen LogP contribution in [0.1, 0.15) is 27.7 Å². The van der Waals surface area contributed by atoms with Gasteiger partial charge in [0, 0.05) is 5.46 Å². The van der Waals surface area contributed by atoms with E-state index in [1.54, 1.807) is 27.7 Å². The largest absolute Gasteiger partial charge is 0.496 e. The van der Waals surface area contributed by atoms with Crippen LogP contribution in [-0.4, -0.2) is 35.6 Å². The van der Waals surface area contributed by atoms with Gasteiger partial charge in [0.1, 0.15) is 11.6 Å². The summed E-state index contributed by atoms with van der Waals surface area (Å²) in [6, 6.07) is 2.54. The van der Waals surface area contributed by atoms with E-state index in [-0.39, 0.29) is 5.46 Å². The standard InChI is InChI=1S/C13H19BBrFO4/c1-12(2,17)13(3,4)20-14(18)8-6-11(19-5)9(15)7-10(8)16/h6-7,17-18H,1-5H3. The van der Waals surface area contributed by atoms with Crippen molar-refractivity contribution in [1.29, 1.82) is 0 Å². The van der Waals surface area contributed by atoms with Crippen LogP contribution in [0.4, 0.5) is 4.39 Å². The van der Waals surface area contributed by atoms with Crippen LogP contribution in [-0.2, 0) is 4.65 Å². The third-order valence-electron chi connectivity index (χ3n) is 3.42. The molecule has 7 heteroatoms. The van der Waals surface area contributed by atoms with E-state index < -0.39 is 24.1 Å². The molecule has 0 unspecified atom stereocenters. The molecule has 0 saturated carbocycles. The van der Waals surface area contributed by atoms with Crippen molar-refractivity contribution in [2.45, 2.75) is 38.9 Å². The van der Waals surface area contributed by atoms with Gasteiger partial charge in [-0.05, 0) is 55.8 Å². The van der Waals surface area contributed by atoms with E-state index in [1.807, 2.05) is 0 Å². The molecule has 0 amide bonds. The molecule has 0 aliphatic heterocycles. The van der Waals surface area contributed by atoms with Crippen LogP contribution in [0.25, 0.3) is 0 Å². The van der Waals surface area contributed by atoms with Gasteiger partial charge in [-0.15, -0.1) is 0 Å². The van der Waals surface area contributed by atoms with Crippen molar-refractivity contribution >= 4 is 28.5 Å². The molecule has 4 nitrogen and oxygen atoms in total. The minimum Gasteiger partial charge on any atom is -0.496 e. The van der Waals surface area contributed by atoms with Crippen molar-refractivity contribution in [3.63, 3.8) is 0 Å². The van der Waals surface area contributed by atoms with Crippen LogP contribution in [0.3, 0.4) is 0 Å². The summed E-state index contributed by atoms with van der Waals surface area (Å²) in [4.78, 5) is 0. The van der Waals surface area contributed by atoms with Crippen LogP contribution in [0.15, 0.2) is 16.6 Å². The van der Waals surface area contributed by atoms with E-state index >= 15 is 0 Å². The predicted octanol–water partition coefficient (Wildman–Crippen LogP) is 1.85.